The second kappa shape index (κ2) is 4.21. The van der Waals surface area contributed by atoms with Gasteiger partial charge in [0.1, 0.15) is 5.82 Å². The summed E-state index contributed by atoms with van der Waals surface area (Å²) in [6.07, 6.45) is 1.85. The Kier molecular flexibility index (Phi) is 2.88. The predicted octanol–water partition coefficient (Wildman–Crippen LogP) is 3.56. The molecule has 0 aliphatic heterocycles. The van der Waals surface area contributed by atoms with Gasteiger partial charge < -0.3 is 5.73 Å². The Morgan fingerprint density at radius 1 is 0.824 bits per heavy atom. The third kappa shape index (κ3) is 2.16. The van der Waals surface area contributed by atoms with Crippen LogP contribution in [-0.4, -0.2) is 4.98 Å². The van der Waals surface area contributed by atoms with Gasteiger partial charge in [-0.2, -0.15) is 0 Å². The molecule has 2 nitrogen and oxygen atoms in total. The number of hydrogen-bond donors (Lipinski definition) is 1. The number of benzene rings is 1. The van der Waals surface area contributed by atoms with Crippen molar-refractivity contribution in [2.24, 2.45) is 0 Å². The van der Waals surface area contributed by atoms with Gasteiger partial charge in [0.15, 0.2) is 0 Å². The van der Waals surface area contributed by atoms with Crippen LogP contribution in [0.5, 0.6) is 0 Å². The van der Waals surface area contributed by atoms with Crippen LogP contribution in [0.15, 0.2) is 24.4 Å². The lowest BCUT2D eigenvalue weighted by Gasteiger charge is -2.11. The molecule has 1 aromatic heterocycles. The molecule has 2 heteroatoms. The van der Waals surface area contributed by atoms with Crippen LogP contribution in [0, 0.1) is 27.7 Å². The van der Waals surface area contributed by atoms with Crippen LogP contribution in [0.3, 0.4) is 0 Å². The Hall–Kier alpha value is -1.83. The summed E-state index contributed by atoms with van der Waals surface area (Å²) in [5.41, 5.74) is 13.1. The second-order valence-electron chi connectivity index (χ2n) is 4.68. The SMILES string of the molecule is Cc1cc(C)c(-c2cnc(N)c(C)c2)cc1C. The molecule has 0 saturated heterocycles. The Morgan fingerprint density at radius 3 is 2.12 bits per heavy atom. The topological polar surface area (TPSA) is 38.9 Å². The molecule has 0 bridgehead atoms. The molecule has 0 atom stereocenters. The molecule has 1 heterocycles. The number of pyridine rings is 1. The predicted molar refractivity (Wildman–Crippen MR) is 73.0 cm³/mol. The van der Waals surface area contributed by atoms with Crippen molar-refractivity contribution in [1.82, 2.24) is 4.98 Å². The van der Waals surface area contributed by atoms with Crippen LogP contribution in [0.25, 0.3) is 11.1 Å². The molecule has 2 N–H and O–H groups in total. The van der Waals surface area contributed by atoms with E-state index in [0.717, 1.165) is 11.1 Å². The number of nitrogen functional groups attached to an aromatic ring is 1. The number of nitrogens with zero attached hydrogens (tertiary/aromatic N) is 1. The Labute approximate surface area is 103 Å². The summed E-state index contributed by atoms with van der Waals surface area (Å²) < 4.78 is 0. The zero-order chi connectivity index (χ0) is 12.6. The molecule has 2 rings (SSSR count). The monoisotopic (exact) mass is 226 g/mol. The van der Waals surface area contributed by atoms with Gasteiger partial charge in [0.25, 0.3) is 0 Å². The summed E-state index contributed by atoms with van der Waals surface area (Å²) in [5.74, 6) is 0.607. The highest BCUT2D eigenvalue weighted by atomic mass is 14.8. The average molecular weight is 226 g/mol. The first-order valence-electron chi connectivity index (χ1n) is 5.79. The van der Waals surface area contributed by atoms with Gasteiger partial charge in [0.05, 0.1) is 0 Å². The normalized spacial score (nSPS) is 10.6. The molecule has 0 spiro atoms. The van der Waals surface area contributed by atoms with Gasteiger partial charge in [-0.15, -0.1) is 0 Å². The van der Waals surface area contributed by atoms with Crippen molar-refractivity contribution < 1.29 is 0 Å². The molecule has 0 fully saturated rings. The third-order valence-electron chi connectivity index (χ3n) is 3.27. The number of anilines is 1. The lowest BCUT2D eigenvalue weighted by atomic mass is 9.96. The molecule has 0 aliphatic rings. The van der Waals surface area contributed by atoms with Gasteiger partial charge >= 0.3 is 0 Å². The van der Waals surface area contributed by atoms with Crippen LogP contribution in [0.1, 0.15) is 22.3 Å². The molecule has 0 amide bonds. The number of aromatic nitrogens is 1. The average Bonchev–Trinajstić information content (AvgIpc) is 2.27. The van der Waals surface area contributed by atoms with E-state index in [-0.39, 0.29) is 0 Å². The molecule has 0 radical (unpaired) electrons. The van der Waals surface area contributed by atoms with E-state index >= 15 is 0 Å². The van der Waals surface area contributed by atoms with E-state index in [0.29, 0.717) is 5.82 Å². The van der Waals surface area contributed by atoms with Gasteiger partial charge in [-0.3, -0.25) is 0 Å². The van der Waals surface area contributed by atoms with E-state index in [9.17, 15) is 0 Å². The zero-order valence-electron chi connectivity index (χ0n) is 10.8. The summed E-state index contributed by atoms with van der Waals surface area (Å²) in [5, 5.41) is 0. The zero-order valence-corrected chi connectivity index (χ0v) is 10.8. The number of aryl methyl sites for hydroxylation is 4. The van der Waals surface area contributed by atoms with Crippen molar-refractivity contribution >= 4 is 5.82 Å². The summed E-state index contributed by atoms with van der Waals surface area (Å²) in [7, 11) is 0. The van der Waals surface area contributed by atoms with Crippen molar-refractivity contribution in [3.8, 4) is 11.1 Å². The highest BCUT2D eigenvalue weighted by Gasteiger charge is 2.06. The number of nitrogens with two attached hydrogens (primary N) is 1. The van der Waals surface area contributed by atoms with Gasteiger partial charge in [-0.05, 0) is 61.6 Å². The molecule has 0 unspecified atom stereocenters. The lowest BCUT2D eigenvalue weighted by molar-refractivity contribution is 1.26. The van der Waals surface area contributed by atoms with Crippen molar-refractivity contribution in [2.45, 2.75) is 27.7 Å². The summed E-state index contributed by atoms with van der Waals surface area (Å²) in [6, 6.07) is 6.53. The molecule has 0 aliphatic carbocycles. The van der Waals surface area contributed by atoms with Crippen LogP contribution < -0.4 is 5.73 Å². The second-order valence-corrected chi connectivity index (χ2v) is 4.68. The fraction of sp³-hybridized carbons (Fsp3) is 0.267. The standard InChI is InChI=1S/C15H18N2/c1-9-5-11(3)14(7-10(9)2)13-6-12(4)15(16)17-8-13/h5-8H,1-4H3,(H2,16,17). The van der Waals surface area contributed by atoms with E-state index in [1.54, 1.807) is 0 Å². The quantitative estimate of drug-likeness (QED) is 0.807. The van der Waals surface area contributed by atoms with Gasteiger partial charge in [0.2, 0.25) is 0 Å². The van der Waals surface area contributed by atoms with Crippen molar-refractivity contribution in [1.29, 1.82) is 0 Å². The maximum atomic E-state index is 5.75. The minimum Gasteiger partial charge on any atom is -0.383 e. The fourth-order valence-electron chi connectivity index (χ4n) is 2.00. The molecule has 2 aromatic rings. The summed E-state index contributed by atoms with van der Waals surface area (Å²) in [4.78, 5) is 4.23. The van der Waals surface area contributed by atoms with E-state index in [4.69, 9.17) is 5.73 Å². The van der Waals surface area contributed by atoms with E-state index < -0.39 is 0 Å². The molecule has 0 saturated carbocycles. The molecule has 88 valence electrons. The van der Waals surface area contributed by atoms with Crippen LogP contribution >= 0.6 is 0 Å². The highest BCUT2D eigenvalue weighted by Crippen LogP contribution is 2.27. The van der Waals surface area contributed by atoms with E-state index in [2.05, 4.69) is 44.0 Å². The highest BCUT2D eigenvalue weighted by molar-refractivity contribution is 5.69. The molecular weight excluding hydrogens is 208 g/mol. The minimum atomic E-state index is 0.607. The Balaban J connectivity index is 2.60. The van der Waals surface area contributed by atoms with Crippen LogP contribution in [-0.2, 0) is 0 Å². The minimum absolute atomic E-state index is 0.607. The van der Waals surface area contributed by atoms with Gasteiger partial charge in [-0.25, -0.2) is 4.98 Å². The first-order chi connectivity index (χ1) is 7.99. The van der Waals surface area contributed by atoms with Crippen molar-refractivity contribution in [2.75, 3.05) is 5.73 Å². The Morgan fingerprint density at radius 2 is 1.47 bits per heavy atom. The molecule has 1 aromatic carbocycles. The van der Waals surface area contributed by atoms with Crippen molar-refractivity contribution in [3.05, 3.63) is 46.6 Å². The first kappa shape index (κ1) is 11.6. The third-order valence-corrected chi connectivity index (χ3v) is 3.27. The van der Waals surface area contributed by atoms with Crippen LogP contribution in [0.4, 0.5) is 5.82 Å². The number of hydrogen-bond acceptors (Lipinski definition) is 2. The maximum Gasteiger partial charge on any atom is 0.126 e. The maximum absolute atomic E-state index is 5.75. The largest absolute Gasteiger partial charge is 0.383 e. The van der Waals surface area contributed by atoms with Crippen molar-refractivity contribution in [3.63, 3.8) is 0 Å². The Bertz CT molecular complexity index is 571. The van der Waals surface area contributed by atoms with Gasteiger partial charge in [-0.1, -0.05) is 12.1 Å². The summed E-state index contributed by atoms with van der Waals surface area (Å²) >= 11 is 0. The molecule has 17 heavy (non-hydrogen) atoms. The number of rotatable bonds is 1. The van der Waals surface area contributed by atoms with Crippen LogP contribution in [0.2, 0.25) is 0 Å². The van der Waals surface area contributed by atoms with Gasteiger partial charge in [0, 0.05) is 11.8 Å². The fourth-order valence-corrected chi connectivity index (χ4v) is 2.00. The van der Waals surface area contributed by atoms with E-state index in [1.165, 1.54) is 22.3 Å². The smallest absolute Gasteiger partial charge is 0.126 e. The first-order valence-corrected chi connectivity index (χ1v) is 5.79. The summed E-state index contributed by atoms with van der Waals surface area (Å²) in [6.45, 7) is 8.39. The lowest BCUT2D eigenvalue weighted by Crippen LogP contribution is -1.95. The van der Waals surface area contributed by atoms with E-state index in [1.807, 2.05) is 13.1 Å². The molecular formula is C15H18N2.